The van der Waals surface area contributed by atoms with Gasteiger partial charge >= 0.3 is 0 Å². The molecule has 0 aliphatic carbocycles. The van der Waals surface area contributed by atoms with Crippen LogP contribution >= 0.6 is 0 Å². The van der Waals surface area contributed by atoms with Crippen LogP contribution in [-0.2, 0) is 6.42 Å². The first-order chi connectivity index (χ1) is 16.9. The summed E-state index contributed by atoms with van der Waals surface area (Å²) in [6.07, 6.45) is 0.603. The lowest BCUT2D eigenvalue weighted by Crippen LogP contribution is -2.05. The smallest absolute Gasteiger partial charge is 0.122 e. The lowest BCUT2D eigenvalue weighted by Gasteiger charge is -2.18. The number of hydrogen-bond donors (Lipinski definition) is 1. The van der Waals surface area contributed by atoms with Gasteiger partial charge in [-0.15, -0.1) is 10.2 Å². The quantitative estimate of drug-likeness (QED) is 0.283. The summed E-state index contributed by atoms with van der Waals surface area (Å²) in [5.74, 6) is 1.03. The van der Waals surface area contributed by atoms with E-state index in [1.165, 1.54) is 5.56 Å². The largest absolute Gasteiger partial charge is 0.507 e. The number of aromatic nitrogens is 3. The second-order valence-electron chi connectivity index (χ2n) is 9.76. The second kappa shape index (κ2) is 9.38. The third-order valence-corrected chi connectivity index (χ3v) is 6.61. The summed E-state index contributed by atoms with van der Waals surface area (Å²) in [4.78, 5) is 1.74. The Hall–Kier alpha value is -3.92. The maximum atomic E-state index is 11.1. The van der Waals surface area contributed by atoms with E-state index in [0.29, 0.717) is 18.1 Å². The van der Waals surface area contributed by atoms with Crippen LogP contribution in [0.5, 0.6) is 5.75 Å². The molecule has 0 bridgehead atoms. The van der Waals surface area contributed by atoms with Gasteiger partial charge in [-0.25, -0.2) is 0 Å². The maximum Gasteiger partial charge on any atom is 0.122 e. The normalized spacial score (nSPS) is 11.6. The number of phenols is 1. The van der Waals surface area contributed by atoms with E-state index in [0.717, 1.165) is 44.5 Å². The van der Waals surface area contributed by atoms with Gasteiger partial charge in [-0.2, -0.15) is 4.80 Å². The zero-order valence-electron chi connectivity index (χ0n) is 20.7. The highest BCUT2D eigenvalue weighted by molar-refractivity contribution is 5.91. The van der Waals surface area contributed by atoms with Gasteiger partial charge in [-0.3, -0.25) is 0 Å². The van der Waals surface area contributed by atoms with Crippen molar-refractivity contribution in [2.24, 2.45) is 0 Å². The molecule has 0 atom stereocenters. The molecular weight excluding hydrogens is 430 g/mol. The summed E-state index contributed by atoms with van der Waals surface area (Å²) in [6, 6.07) is 28.9. The first-order valence-electron chi connectivity index (χ1n) is 12.3. The third kappa shape index (κ3) is 4.44. The van der Waals surface area contributed by atoms with E-state index in [1.807, 2.05) is 48.5 Å². The van der Waals surface area contributed by atoms with Gasteiger partial charge in [0.2, 0.25) is 0 Å². The first kappa shape index (κ1) is 22.9. The number of benzene rings is 4. The molecule has 0 radical (unpaired) electrons. The molecule has 0 fully saturated rings. The van der Waals surface area contributed by atoms with Crippen molar-refractivity contribution in [3.63, 3.8) is 0 Å². The Morgan fingerprint density at radius 1 is 0.743 bits per heavy atom. The molecule has 1 N–H and O–H groups in total. The summed E-state index contributed by atoms with van der Waals surface area (Å²) < 4.78 is 0. The van der Waals surface area contributed by atoms with Crippen LogP contribution in [0.2, 0.25) is 0 Å². The highest BCUT2D eigenvalue weighted by atomic mass is 16.3. The number of rotatable bonds is 6. The fourth-order valence-electron chi connectivity index (χ4n) is 4.61. The molecule has 4 aromatic carbocycles. The molecule has 1 aromatic heterocycles. The number of para-hydroxylation sites is 1. The summed E-state index contributed by atoms with van der Waals surface area (Å²) >= 11 is 0. The molecule has 0 amide bonds. The fraction of sp³-hybridized carbons (Fsp3) is 0.226. The molecule has 176 valence electrons. The topological polar surface area (TPSA) is 50.9 Å². The number of fused-ring (bicyclic) bond motifs is 1. The van der Waals surface area contributed by atoms with Crippen LogP contribution in [-0.4, -0.2) is 20.1 Å². The summed E-state index contributed by atoms with van der Waals surface area (Å²) in [5.41, 5.74) is 9.09. The van der Waals surface area contributed by atoms with Crippen LogP contribution in [0, 0.1) is 0 Å². The predicted molar refractivity (Wildman–Crippen MR) is 143 cm³/mol. The molecule has 35 heavy (non-hydrogen) atoms. The second-order valence-corrected chi connectivity index (χ2v) is 9.76. The van der Waals surface area contributed by atoms with E-state index in [1.54, 1.807) is 4.80 Å². The number of phenolic OH excluding ortho intramolecular Hbond substituents is 1. The molecule has 0 unspecified atom stereocenters. The van der Waals surface area contributed by atoms with E-state index >= 15 is 0 Å². The standard InChI is InChI=1S/C31H31N3O/c1-20(2)24-18-25(31(35)27(19-24)21(3)4)17-23-13-8-9-16-29(23)34-32-28-15-10-14-26(30(28)33-34)22-11-6-5-7-12-22/h5-16,18-21,35H,17H2,1-4H3. The molecule has 5 aromatic rings. The van der Waals surface area contributed by atoms with Crippen LogP contribution in [0.4, 0.5) is 0 Å². The summed E-state index contributed by atoms with van der Waals surface area (Å²) in [7, 11) is 0. The van der Waals surface area contributed by atoms with Gasteiger partial charge < -0.3 is 5.11 Å². The van der Waals surface area contributed by atoms with Gasteiger partial charge in [0.15, 0.2) is 0 Å². The Balaban J connectivity index is 1.60. The van der Waals surface area contributed by atoms with Gasteiger partial charge in [0.25, 0.3) is 0 Å². The van der Waals surface area contributed by atoms with Crippen molar-refractivity contribution < 1.29 is 5.11 Å². The van der Waals surface area contributed by atoms with Gasteiger partial charge in [-0.05, 0) is 51.8 Å². The van der Waals surface area contributed by atoms with Gasteiger partial charge in [-0.1, -0.05) is 100 Å². The average molecular weight is 462 g/mol. The molecule has 0 spiro atoms. The minimum atomic E-state index is 0.247. The molecule has 0 saturated heterocycles. The molecule has 0 saturated carbocycles. The van der Waals surface area contributed by atoms with Crippen LogP contribution in [0.1, 0.15) is 61.8 Å². The van der Waals surface area contributed by atoms with E-state index in [-0.39, 0.29) is 5.92 Å². The van der Waals surface area contributed by atoms with Crippen LogP contribution in [0.25, 0.3) is 27.8 Å². The lowest BCUT2D eigenvalue weighted by molar-refractivity contribution is 0.458. The minimum absolute atomic E-state index is 0.247. The van der Waals surface area contributed by atoms with Crippen molar-refractivity contribution in [2.45, 2.75) is 46.0 Å². The van der Waals surface area contributed by atoms with Crippen molar-refractivity contribution in [3.05, 3.63) is 107 Å². The monoisotopic (exact) mass is 461 g/mol. The van der Waals surface area contributed by atoms with Crippen molar-refractivity contribution in [2.75, 3.05) is 0 Å². The Bertz CT molecular complexity index is 1480. The Morgan fingerprint density at radius 3 is 2.23 bits per heavy atom. The highest BCUT2D eigenvalue weighted by Gasteiger charge is 2.17. The zero-order chi connectivity index (χ0) is 24.5. The number of nitrogens with zero attached hydrogens (tertiary/aromatic N) is 3. The van der Waals surface area contributed by atoms with Crippen LogP contribution in [0.3, 0.4) is 0 Å². The fourth-order valence-corrected chi connectivity index (χ4v) is 4.61. The lowest BCUT2D eigenvalue weighted by atomic mass is 9.89. The van der Waals surface area contributed by atoms with Crippen LogP contribution < -0.4 is 0 Å². The third-order valence-electron chi connectivity index (χ3n) is 6.61. The minimum Gasteiger partial charge on any atom is -0.507 e. The Kier molecular flexibility index (Phi) is 6.12. The van der Waals surface area contributed by atoms with Crippen molar-refractivity contribution in [1.29, 1.82) is 0 Å². The Labute approximate surface area is 206 Å². The van der Waals surface area contributed by atoms with Crippen LogP contribution in [0.15, 0.2) is 84.9 Å². The molecule has 5 rings (SSSR count). The number of hydrogen-bond acceptors (Lipinski definition) is 3. The summed E-state index contributed by atoms with van der Waals surface area (Å²) in [5, 5.41) is 20.9. The van der Waals surface area contributed by atoms with E-state index in [9.17, 15) is 5.11 Å². The van der Waals surface area contributed by atoms with Gasteiger partial charge in [0.05, 0.1) is 5.69 Å². The molecular formula is C31H31N3O. The zero-order valence-corrected chi connectivity index (χ0v) is 20.7. The molecule has 4 nitrogen and oxygen atoms in total. The Morgan fingerprint density at radius 2 is 1.49 bits per heavy atom. The molecule has 4 heteroatoms. The van der Waals surface area contributed by atoms with Gasteiger partial charge in [0, 0.05) is 12.0 Å². The van der Waals surface area contributed by atoms with Gasteiger partial charge in [0.1, 0.15) is 16.8 Å². The van der Waals surface area contributed by atoms with Crippen molar-refractivity contribution in [1.82, 2.24) is 15.0 Å². The predicted octanol–water partition coefficient (Wildman–Crippen LogP) is 7.63. The summed E-state index contributed by atoms with van der Waals surface area (Å²) in [6.45, 7) is 8.64. The SMILES string of the molecule is CC(C)c1cc(Cc2ccccc2-n2nc3cccc(-c4ccccc4)c3n2)c(O)c(C(C)C)c1. The van der Waals surface area contributed by atoms with E-state index < -0.39 is 0 Å². The van der Waals surface area contributed by atoms with E-state index in [2.05, 4.69) is 64.1 Å². The molecule has 1 heterocycles. The maximum absolute atomic E-state index is 11.1. The first-order valence-corrected chi connectivity index (χ1v) is 12.3. The highest BCUT2D eigenvalue weighted by Crippen LogP contribution is 2.35. The number of aromatic hydroxyl groups is 1. The van der Waals surface area contributed by atoms with E-state index in [4.69, 9.17) is 10.2 Å². The molecule has 0 aliphatic rings. The molecule has 0 aliphatic heterocycles. The average Bonchev–Trinajstić information content (AvgIpc) is 3.30. The van der Waals surface area contributed by atoms with Crippen molar-refractivity contribution >= 4 is 11.0 Å². The van der Waals surface area contributed by atoms with Crippen molar-refractivity contribution in [3.8, 4) is 22.6 Å².